The first kappa shape index (κ1) is 20.9. The SMILES string of the molecule is O=C(O)CCCCCCC1C(=O)NC(=O)N1NCC(O)Cc1ccccc1. The van der Waals surface area contributed by atoms with Gasteiger partial charge in [0, 0.05) is 13.0 Å². The molecule has 1 aromatic carbocycles. The van der Waals surface area contributed by atoms with Crippen LogP contribution >= 0.6 is 0 Å². The largest absolute Gasteiger partial charge is 0.481 e. The lowest BCUT2D eigenvalue weighted by Gasteiger charge is -2.24. The fraction of sp³-hybridized carbons (Fsp3) is 0.526. The molecule has 0 spiro atoms. The number of carboxylic acids is 1. The summed E-state index contributed by atoms with van der Waals surface area (Å²) < 4.78 is 0. The van der Waals surface area contributed by atoms with E-state index in [0.29, 0.717) is 19.3 Å². The number of nitrogens with one attached hydrogen (secondary N) is 2. The number of nitrogens with zero attached hydrogens (tertiary/aromatic N) is 1. The van der Waals surface area contributed by atoms with E-state index >= 15 is 0 Å². The third-order valence-electron chi connectivity index (χ3n) is 4.49. The highest BCUT2D eigenvalue weighted by molar-refractivity contribution is 6.03. The lowest BCUT2D eigenvalue weighted by Crippen LogP contribution is -2.48. The topological polar surface area (TPSA) is 119 Å². The van der Waals surface area contributed by atoms with Crippen molar-refractivity contribution in [2.45, 2.75) is 57.1 Å². The summed E-state index contributed by atoms with van der Waals surface area (Å²) in [4.78, 5) is 34.4. The third kappa shape index (κ3) is 6.99. The Morgan fingerprint density at radius 2 is 1.85 bits per heavy atom. The molecule has 1 heterocycles. The molecule has 1 aliphatic heterocycles. The van der Waals surface area contributed by atoms with Gasteiger partial charge in [-0.1, -0.05) is 49.6 Å². The second kappa shape index (κ2) is 10.6. The number of hydrogen-bond donors (Lipinski definition) is 4. The average molecular weight is 377 g/mol. The number of carbonyl (C=O) groups excluding carboxylic acids is 2. The van der Waals surface area contributed by atoms with Gasteiger partial charge in [0.15, 0.2) is 0 Å². The van der Waals surface area contributed by atoms with Crippen LogP contribution in [-0.4, -0.2) is 51.8 Å². The predicted octanol–water partition coefficient (Wildman–Crippen LogP) is 1.44. The number of aliphatic hydroxyl groups excluding tert-OH is 1. The van der Waals surface area contributed by atoms with Crippen molar-refractivity contribution in [3.8, 4) is 0 Å². The Bertz CT molecular complexity index is 637. The lowest BCUT2D eigenvalue weighted by molar-refractivity contribution is -0.137. The summed E-state index contributed by atoms with van der Waals surface area (Å²) in [6, 6.07) is 8.41. The maximum atomic E-state index is 12.0. The Morgan fingerprint density at radius 3 is 2.56 bits per heavy atom. The molecule has 148 valence electrons. The second-order valence-electron chi connectivity index (χ2n) is 6.73. The van der Waals surface area contributed by atoms with Crippen molar-refractivity contribution < 1.29 is 24.6 Å². The van der Waals surface area contributed by atoms with E-state index in [1.165, 1.54) is 5.01 Å². The molecule has 1 saturated heterocycles. The Hall–Kier alpha value is -2.45. The number of benzene rings is 1. The number of imide groups is 1. The molecule has 27 heavy (non-hydrogen) atoms. The Kier molecular flexibility index (Phi) is 8.22. The van der Waals surface area contributed by atoms with Crippen molar-refractivity contribution in [1.82, 2.24) is 15.8 Å². The van der Waals surface area contributed by atoms with Crippen LogP contribution in [0.1, 0.15) is 44.1 Å². The minimum atomic E-state index is -0.805. The van der Waals surface area contributed by atoms with Crippen LogP contribution in [0, 0.1) is 0 Å². The van der Waals surface area contributed by atoms with Gasteiger partial charge in [0.1, 0.15) is 6.04 Å². The third-order valence-corrected chi connectivity index (χ3v) is 4.49. The number of amides is 3. The molecule has 0 saturated carbocycles. The molecular weight excluding hydrogens is 350 g/mol. The van der Waals surface area contributed by atoms with Gasteiger partial charge in [0.05, 0.1) is 6.10 Å². The number of rotatable bonds is 12. The molecule has 1 aromatic rings. The first-order chi connectivity index (χ1) is 13.0. The minimum absolute atomic E-state index is 0.148. The zero-order valence-electron chi connectivity index (χ0n) is 15.3. The highest BCUT2D eigenvalue weighted by Gasteiger charge is 2.38. The zero-order valence-corrected chi connectivity index (χ0v) is 15.3. The van der Waals surface area contributed by atoms with Crippen LogP contribution in [0.25, 0.3) is 0 Å². The van der Waals surface area contributed by atoms with Crippen LogP contribution < -0.4 is 10.7 Å². The number of aliphatic carboxylic acids is 1. The second-order valence-corrected chi connectivity index (χ2v) is 6.73. The van der Waals surface area contributed by atoms with Crippen molar-refractivity contribution in [3.63, 3.8) is 0 Å². The number of unbranched alkanes of at least 4 members (excludes halogenated alkanes) is 3. The van der Waals surface area contributed by atoms with Gasteiger partial charge in [-0.15, -0.1) is 0 Å². The number of urea groups is 1. The summed E-state index contributed by atoms with van der Waals surface area (Å²) in [5.41, 5.74) is 3.86. The number of hydrazine groups is 1. The molecule has 4 N–H and O–H groups in total. The molecule has 0 bridgehead atoms. The van der Waals surface area contributed by atoms with E-state index in [2.05, 4.69) is 10.7 Å². The van der Waals surface area contributed by atoms with Crippen molar-refractivity contribution in [2.75, 3.05) is 6.54 Å². The Balaban J connectivity index is 1.74. The van der Waals surface area contributed by atoms with Gasteiger partial charge in [-0.25, -0.2) is 15.2 Å². The molecule has 3 amide bonds. The summed E-state index contributed by atoms with van der Waals surface area (Å²) in [6.07, 6.45) is 3.31. The fourth-order valence-electron chi connectivity index (χ4n) is 3.08. The molecule has 8 nitrogen and oxygen atoms in total. The fourth-order valence-corrected chi connectivity index (χ4v) is 3.08. The van der Waals surface area contributed by atoms with Crippen molar-refractivity contribution in [2.24, 2.45) is 0 Å². The predicted molar refractivity (Wildman–Crippen MR) is 98.7 cm³/mol. The van der Waals surface area contributed by atoms with E-state index in [-0.39, 0.29) is 18.9 Å². The molecular formula is C19H27N3O5. The van der Waals surface area contributed by atoms with E-state index in [9.17, 15) is 19.5 Å². The zero-order chi connectivity index (χ0) is 19.6. The quantitative estimate of drug-likeness (QED) is 0.323. The van der Waals surface area contributed by atoms with Crippen LogP contribution in [-0.2, 0) is 16.0 Å². The standard InChI is InChI=1S/C19H27N3O5/c23-15(12-14-8-4-3-5-9-14)13-20-22-16(18(26)21-19(22)27)10-6-1-2-7-11-17(24)25/h3-5,8-9,15-16,20,23H,1-2,6-7,10-13H2,(H,24,25)(H,21,26,27). The van der Waals surface area contributed by atoms with Crippen LogP contribution in [0.4, 0.5) is 4.79 Å². The summed E-state index contributed by atoms with van der Waals surface area (Å²) in [6.45, 7) is 0.157. The number of aliphatic hydroxyl groups is 1. The minimum Gasteiger partial charge on any atom is -0.481 e. The van der Waals surface area contributed by atoms with Gasteiger partial charge in [-0.05, 0) is 24.8 Å². The summed E-state index contributed by atoms with van der Waals surface area (Å²) in [5, 5.41) is 22.3. The molecule has 0 radical (unpaired) electrons. The maximum absolute atomic E-state index is 12.0. The molecule has 1 fully saturated rings. The van der Waals surface area contributed by atoms with Gasteiger partial charge in [-0.2, -0.15) is 0 Å². The first-order valence-corrected chi connectivity index (χ1v) is 9.28. The van der Waals surface area contributed by atoms with Crippen LogP contribution in [0.3, 0.4) is 0 Å². The highest BCUT2D eigenvalue weighted by Crippen LogP contribution is 2.15. The van der Waals surface area contributed by atoms with Gasteiger partial charge in [0.25, 0.3) is 5.91 Å². The van der Waals surface area contributed by atoms with E-state index in [0.717, 1.165) is 24.8 Å². The Morgan fingerprint density at radius 1 is 1.15 bits per heavy atom. The average Bonchev–Trinajstić information content (AvgIpc) is 2.89. The van der Waals surface area contributed by atoms with Crippen LogP contribution in [0.15, 0.2) is 30.3 Å². The van der Waals surface area contributed by atoms with Gasteiger partial charge in [0.2, 0.25) is 0 Å². The monoisotopic (exact) mass is 377 g/mol. The first-order valence-electron chi connectivity index (χ1n) is 9.28. The van der Waals surface area contributed by atoms with E-state index in [1.807, 2.05) is 30.3 Å². The van der Waals surface area contributed by atoms with E-state index in [4.69, 9.17) is 5.11 Å². The molecule has 8 heteroatoms. The normalized spacial score (nSPS) is 17.8. The summed E-state index contributed by atoms with van der Waals surface area (Å²) in [5.74, 6) is -1.16. The molecule has 2 unspecified atom stereocenters. The van der Waals surface area contributed by atoms with Gasteiger partial charge in [-0.3, -0.25) is 14.9 Å². The van der Waals surface area contributed by atoms with Crippen molar-refractivity contribution >= 4 is 17.9 Å². The number of carboxylic acid groups (broad SMARTS) is 1. The van der Waals surface area contributed by atoms with E-state index in [1.54, 1.807) is 0 Å². The molecule has 0 aliphatic carbocycles. The summed E-state index contributed by atoms with van der Waals surface area (Å²) in [7, 11) is 0. The van der Waals surface area contributed by atoms with Gasteiger partial charge < -0.3 is 10.2 Å². The number of carbonyl (C=O) groups is 3. The molecule has 2 atom stereocenters. The summed E-state index contributed by atoms with van der Waals surface area (Å²) >= 11 is 0. The molecule has 0 aromatic heterocycles. The lowest BCUT2D eigenvalue weighted by atomic mass is 10.1. The van der Waals surface area contributed by atoms with Crippen LogP contribution in [0.2, 0.25) is 0 Å². The van der Waals surface area contributed by atoms with Crippen LogP contribution in [0.5, 0.6) is 0 Å². The van der Waals surface area contributed by atoms with Crippen molar-refractivity contribution in [1.29, 1.82) is 0 Å². The molecule has 1 aliphatic rings. The van der Waals surface area contributed by atoms with Crippen molar-refractivity contribution in [3.05, 3.63) is 35.9 Å². The van der Waals surface area contributed by atoms with Gasteiger partial charge >= 0.3 is 12.0 Å². The Labute approximate surface area is 158 Å². The smallest absolute Gasteiger partial charge is 0.339 e. The maximum Gasteiger partial charge on any atom is 0.339 e. The highest BCUT2D eigenvalue weighted by atomic mass is 16.4. The van der Waals surface area contributed by atoms with E-state index < -0.39 is 24.1 Å². The number of hydrogen-bond acceptors (Lipinski definition) is 5. The molecule has 2 rings (SSSR count).